The fraction of sp³-hybridized carbons (Fsp3) is 0.500. The van der Waals surface area contributed by atoms with Crippen molar-refractivity contribution < 1.29 is 18.3 Å². The number of aliphatic hydroxyl groups is 1. The monoisotopic (exact) mass is 279 g/mol. The fourth-order valence-electron chi connectivity index (χ4n) is 1.17. The van der Waals surface area contributed by atoms with Crippen LogP contribution in [0.4, 0.5) is 18.9 Å². The zero-order valence-electron chi connectivity index (χ0n) is 10.2. The van der Waals surface area contributed by atoms with Gasteiger partial charge in [0.15, 0.2) is 0 Å². The lowest BCUT2D eigenvalue weighted by Crippen LogP contribution is -2.26. The molecule has 1 aromatic rings. The summed E-state index contributed by atoms with van der Waals surface area (Å²) in [6.07, 6.45) is 0. The van der Waals surface area contributed by atoms with E-state index in [9.17, 15) is 13.2 Å². The van der Waals surface area contributed by atoms with Crippen molar-refractivity contribution in [1.29, 1.82) is 0 Å². The van der Waals surface area contributed by atoms with Gasteiger partial charge in [-0.2, -0.15) is 13.2 Å². The van der Waals surface area contributed by atoms with Gasteiger partial charge in [-0.1, -0.05) is 13.8 Å². The Morgan fingerprint density at radius 1 is 1.17 bits per heavy atom. The summed E-state index contributed by atoms with van der Waals surface area (Å²) in [7, 11) is 0. The topological polar surface area (TPSA) is 32.3 Å². The van der Waals surface area contributed by atoms with Crippen LogP contribution in [0.3, 0.4) is 0 Å². The van der Waals surface area contributed by atoms with Gasteiger partial charge in [-0.3, -0.25) is 0 Å². The van der Waals surface area contributed by atoms with E-state index >= 15 is 0 Å². The standard InChI is InChI=1S/C12H16F3NOS/c1-11(2,8-17)7-16-9-3-5-10(6-4-9)18-12(13,14)15/h3-6,16-17H,7-8H2,1-2H3. The van der Waals surface area contributed by atoms with Crippen molar-refractivity contribution in [3.8, 4) is 0 Å². The smallest absolute Gasteiger partial charge is 0.396 e. The highest BCUT2D eigenvalue weighted by Gasteiger charge is 2.29. The number of alkyl halides is 3. The maximum absolute atomic E-state index is 12.1. The lowest BCUT2D eigenvalue weighted by molar-refractivity contribution is -0.0328. The SMILES string of the molecule is CC(C)(CO)CNc1ccc(SC(F)(F)F)cc1. The summed E-state index contributed by atoms with van der Waals surface area (Å²) < 4.78 is 36.3. The predicted octanol–water partition coefficient (Wildman–Crippen LogP) is 3.73. The molecule has 0 unspecified atom stereocenters. The molecular formula is C12H16F3NOS. The van der Waals surface area contributed by atoms with Crippen molar-refractivity contribution in [3.63, 3.8) is 0 Å². The molecule has 0 radical (unpaired) electrons. The molecule has 0 aliphatic rings. The zero-order valence-corrected chi connectivity index (χ0v) is 11.0. The highest BCUT2D eigenvalue weighted by atomic mass is 32.2. The molecule has 1 aromatic carbocycles. The van der Waals surface area contributed by atoms with E-state index in [-0.39, 0.29) is 28.7 Å². The molecule has 2 N–H and O–H groups in total. The van der Waals surface area contributed by atoms with Crippen LogP contribution in [-0.2, 0) is 0 Å². The molecular weight excluding hydrogens is 263 g/mol. The molecule has 0 bridgehead atoms. The molecule has 0 aromatic heterocycles. The first-order chi connectivity index (χ1) is 8.22. The molecule has 0 atom stereocenters. The van der Waals surface area contributed by atoms with Crippen molar-refractivity contribution >= 4 is 17.4 Å². The van der Waals surface area contributed by atoms with E-state index in [1.165, 1.54) is 12.1 Å². The lowest BCUT2D eigenvalue weighted by Gasteiger charge is -2.22. The third kappa shape index (κ3) is 5.64. The Morgan fingerprint density at radius 3 is 2.17 bits per heavy atom. The molecule has 1 rings (SSSR count). The second-order valence-corrected chi connectivity index (χ2v) is 5.89. The van der Waals surface area contributed by atoms with Gasteiger partial charge in [0.1, 0.15) is 0 Å². The van der Waals surface area contributed by atoms with Gasteiger partial charge in [0.2, 0.25) is 0 Å². The average Bonchev–Trinajstić information content (AvgIpc) is 2.26. The van der Waals surface area contributed by atoms with E-state index in [2.05, 4.69) is 5.32 Å². The van der Waals surface area contributed by atoms with E-state index in [0.29, 0.717) is 6.54 Å². The van der Waals surface area contributed by atoms with Crippen LogP contribution >= 0.6 is 11.8 Å². The Labute approximate surface area is 109 Å². The molecule has 18 heavy (non-hydrogen) atoms. The van der Waals surface area contributed by atoms with Crippen LogP contribution in [-0.4, -0.2) is 23.8 Å². The number of hydrogen-bond donors (Lipinski definition) is 2. The van der Waals surface area contributed by atoms with Gasteiger partial charge in [-0.15, -0.1) is 0 Å². The molecule has 0 amide bonds. The molecule has 0 heterocycles. The molecule has 0 aliphatic heterocycles. The van der Waals surface area contributed by atoms with Crippen LogP contribution in [0.5, 0.6) is 0 Å². The van der Waals surface area contributed by atoms with Crippen LogP contribution in [0.15, 0.2) is 29.2 Å². The van der Waals surface area contributed by atoms with Gasteiger partial charge in [-0.25, -0.2) is 0 Å². The lowest BCUT2D eigenvalue weighted by atomic mass is 9.95. The first kappa shape index (κ1) is 15.2. The van der Waals surface area contributed by atoms with Crippen LogP contribution in [0.25, 0.3) is 0 Å². The second kappa shape index (κ2) is 5.84. The molecule has 0 spiro atoms. The molecule has 0 saturated heterocycles. The number of benzene rings is 1. The van der Waals surface area contributed by atoms with Gasteiger partial charge in [0.05, 0.1) is 0 Å². The highest BCUT2D eigenvalue weighted by Crippen LogP contribution is 2.37. The maximum Gasteiger partial charge on any atom is 0.446 e. The number of nitrogens with one attached hydrogen (secondary N) is 1. The first-order valence-corrected chi connectivity index (χ1v) is 6.24. The van der Waals surface area contributed by atoms with Crippen molar-refractivity contribution in [2.24, 2.45) is 5.41 Å². The predicted molar refractivity (Wildman–Crippen MR) is 67.7 cm³/mol. The first-order valence-electron chi connectivity index (χ1n) is 5.42. The van der Waals surface area contributed by atoms with E-state index < -0.39 is 5.51 Å². The summed E-state index contributed by atoms with van der Waals surface area (Å²) >= 11 is -0.130. The maximum atomic E-state index is 12.1. The number of anilines is 1. The van der Waals surface area contributed by atoms with Gasteiger partial charge >= 0.3 is 5.51 Å². The van der Waals surface area contributed by atoms with Crippen molar-refractivity contribution in [3.05, 3.63) is 24.3 Å². The van der Waals surface area contributed by atoms with Crippen LogP contribution in [0.2, 0.25) is 0 Å². The van der Waals surface area contributed by atoms with Gasteiger partial charge in [0.25, 0.3) is 0 Å². The van der Waals surface area contributed by atoms with E-state index in [1.54, 1.807) is 12.1 Å². The number of halogens is 3. The van der Waals surface area contributed by atoms with Crippen LogP contribution < -0.4 is 5.32 Å². The molecule has 6 heteroatoms. The Morgan fingerprint density at radius 2 is 1.72 bits per heavy atom. The van der Waals surface area contributed by atoms with Crippen LogP contribution in [0, 0.1) is 5.41 Å². The van der Waals surface area contributed by atoms with Gasteiger partial charge in [0, 0.05) is 29.1 Å². The van der Waals surface area contributed by atoms with Crippen molar-refractivity contribution in [2.45, 2.75) is 24.3 Å². The molecule has 0 fully saturated rings. The zero-order chi connectivity index (χ0) is 13.8. The average molecular weight is 279 g/mol. The largest absolute Gasteiger partial charge is 0.446 e. The normalized spacial score (nSPS) is 12.6. The third-order valence-electron chi connectivity index (χ3n) is 2.29. The Balaban J connectivity index is 2.56. The molecule has 102 valence electrons. The Bertz CT molecular complexity index is 376. The third-order valence-corrected chi connectivity index (χ3v) is 3.03. The van der Waals surface area contributed by atoms with Crippen molar-refractivity contribution in [2.75, 3.05) is 18.5 Å². The molecule has 2 nitrogen and oxygen atoms in total. The Hall–Kier alpha value is -0.880. The number of thioether (sulfide) groups is 1. The summed E-state index contributed by atoms with van der Waals surface area (Å²) in [5.74, 6) is 0. The quantitative estimate of drug-likeness (QED) is 0.806. The summed E-state index contributed by atoms with van der Waals surface area (Å²) in [6, 6.07) is 6.04. The molecule has 0 saturated carbocycles. The summed E-state index contributed by atoms with van der Waals surface area (Å²) in [5.41, 5.74) is -3.78. The molecule has 0 aliphatic carbocycles. The minimum absolute atomic E-state index is 0.0437. The summed E-state index contributed by atoms with van der Waals surface area (Å²) in [6.45, 7) is 4.39. The fourth-order valence-corrected chi connectivity index (χ4v) is 1.71. The van der Waals surface area contributed by atoms with Crippen LogP contribution in [0.1, 0.15) is 13.8 Å². The Kier molecular flexibility index (Phi) is 4.92. The summed E-state index contributed by atoms with van der Waals surface area (Å²) in [4.78, 5) is 0.162. The minimum Gasteiger partial charge on any atom is -0.396 e. The summed E-state index contributed by atoms with van der Waals surface area (Å²) in [5, 5.41) is 12.2. The number of aliphatic hydroxyl groups excluding tert-OH is 1. The van der Waals surface area contributed by atoms with Crippen molar-refractivity contribution in [1.82, 2.24) is 0 Å². The number of rotatable bonds is 5. The van der Waals surface area contributed by atoms with E-state index in [4.69, 9.17) is 5.11 Å². The van der Waals surface area contributed by atoms with E-state index in [0.717, 1.165) is 5.69 Å². The highest BCUT2D eigenvalue weighted by molar-refractivity contribution is 8.00. The second-order valence-electron chi connectivity index (χ2n) is 4.75. The van der Waals surface area contributed by atoms with Gasteiger partial charge in [-0.05, 0) is 36.0 Å². The van der Waals surface area contributed by atoms with Gasteiger partial charge < -0.3 is 10.4 Å². The minimum atomic E-state index is -4.26. The number of hydrogen-bond acceptors (Lipinski definition) is 3. The van der Waals surface area contributed by atoms with E-state index in [1.807, 2.05) is 13.8 Å².